The van der Waals surface area contributed by atoms with Crippen LogP contribution in [0.15, 0.2) is 35.2 Å². The van der Waals surface area contributed by atoms with Gasteiger partial charge in [0.2, 0.25) is 10.0 Å². The lowest BCUT2D eigenvalue weighted by Crippen LogP contribution is -2.11. The van der Waals surface area contributed by atoms with Gasteiger partial charge in [-0.25, -0.2) is 17.9 Å². The van der Waals surface area contributed by atoms with Crippen molar-refractivity contribution in [3.8, 4) is 23.3 Å². The van der Waals surface area contributed by atoms with Gasteiger partial charge in [-0.3, -0.25) is 0 Å². The summed E-state index contributed by atoms with van der Waals surface area (Å²) in [6.07, 6.45) is 0. The SMILES string of the molecule is CC1COc2c(C#N)c(F)cc(Oc3ccc(S(N)(=O)=O)cc3)c21. The van der Waals surface area contributed by atoms with Crippen molar-refractivity contribution in [2.24, 2.45) is 5.14 Å². The molecule has 8 heteroatoms. The van der Waals surface area contributed by atoms with Gasteiger partial charge < -0.3 is 9.47 Å². The molecule has 0 saturated heterocycles. The number of nitrogens with two attached hydrogens (primary N) is 1. The second kappa shape index (κ2) is 5.78. The maximum absolute atomic E-state index is 14.1. The summed E-state index contributed by atoms with van der Waals surface area (Å²) in [4.78, 5) is -0.0530. The number of benzene rings is 2. The van der Waals surface area contributed by atoms with E-state index in [1.807, 2.05) is 6.92 Å². The van der Waals surface area contributed by atoms with Crippen LogP contribution in [0.1, 0.15) is 24.0 Å². The maximum Gasteiger partial charge on any atom is 0.238 e. The number of halogens is 1. The van der Waals surface area contributed by atoms with Gasteiger partial charge in [-0.1, -0.05) is 6.92 Å². The molecule has 1 unspecified atom stereocenters. The first-order chi connectivity index (χ1) is 11.3. The first-order valence-corrected chi connectivity index (χ1v) is 8.56. The summed E-state index contributed by atoms with van der Waals surface area (Å²) in [5.41, 5.74) is 0.467. The number of hydrogen-bond donors (Lipinski definition) is 1. The van der Waals surface area contributed by atoms with Gasteiger partial charge in [-0.05, 0) is 24.3 Å². The highest BCUT2D eigenvalue weighted by atomic mass is 32.2. The molecule has 3 rings (SSSR count). The van der Waals surface area contributed by atoms with E-state index in [2.05, 4.69) is 0 Å². The molecule has 2 N–H and O–H groups in total. The average molecular weight is 348 g/mol. The zero-order chi connectivity index (χ0) is 17.5. The van der Waals surface area contributed by atoms with Gasteiger partial charge in [0.1, 0.15) is 34.7 Å². The van der Waals surface area contributed by atoms with Gasteiger partial charge >= 0.3 is 0 Å². The Labute approximate surface area is 138 Å². The molecule has 0 fully saturated rings. The van der Waals surface area contributed by atoms with E-state index in [0.29, 0.717) is 17.9 Å². The van der Waals surface area contributed by atoms with Gasteiger partial charge in [0.15, 0.2) is 0 Å². The minimum absolute atomic E-state index is 0.0530. The van der Waals surface area contributed by atoms with Gasteiger partial charge in [0.05, 0.1) is 11.5 Å². The van der Waals surface area contributed by atoms with Crippen molar-refractivity contribution in [1.82, 2.24) is 0 Å². The number of hydrogen-bond acceptors (Lipinski definition) is 5. The van der Waals surface area contributed by atoms with Crippen LogP contribution in [0.25, 0.3) is 0 Å². The number of ether oxygens (including phenoxy) is 2. The lowest BCUT2D eigenvalue weighted by Gasteiger charge is -2.13. The second-order valence-corrected chi connectivity index (χ2v) is 6.98. The lowest BCUT2D eigenvalue weighted by molar-refractivity contribution is 0.335. The van der Waals surface area contributed by atoms with Gasteiger partial charge in [0, 0.05) is 17.5 Å². The molecule has 0 amide bonds. The molecule has 0 bridgehead atoms. The predicted molar refractivity (Wildman–Crippen MR) is 82.9 cm³/mol. The van der Waals surface area contributed by atoms with E-state index in [0.717, 1.165) is 6.07 Å². The summed E-state index contributed by atoms with van der Waals surface area (Å²) in [6, 6.07) is 8.36. The Balaban J connectivity index is 2.01. The van der Waals surface area contributed by atoms with Crippen LogP contribution in [0.5, 0.6) is 17.2 Å². The van der Waals surface area contributed by atoms with E-state index in [1.54, 1.807) is 6.07 Å². The fourth-order valence-corrected chi connectivity index (χ4v) is 3.06. The van der Waals surface area contributed by atoms with E-state index >= 15 is 0 Å². The van der Waals surface area contributed by atoms with E-state index in [9.17, 15) is 12.8 Å². The first-order valence-electron chi connectivity index (χ1n) is 7.01. The molecule has 24 heavy (non-hydrogen) atoms. The lowest BCUT2D eigenvalue weighted by atomic mass is 9.99. The number of nitriles is 1. The van der Waals surface area contributed by atoms with Gasteiger partial charge in [0.25, 0.3) is 0 Å². The topological polar surface area (TPSA) is 102 Å². The Morgan fingerprint density at radius 3 is 2.62 bits per heavy atom. The fourth-order valence-electron chi connectivity index (χ4n) is 2.54. The molecule has 0 spiro atoms. The maximum atomic E-state index is 14.1. The molecule has 6 nitrogen and oxygen atoms in total. The number of sulfonamides is 1. The molecule has 1 aliphatic rings. The number of fused-ring (bicyclic) bond motifs is 1. The van der Waals surface area contributed by atoms with E-state index in [-0.39, 0.29) is 27.9 Å². The van der Waals surface area contributed by atoms with Crippen molar-refractivity contribution in [1.29, 1.82) is 5.26 Å². The average Bonchev–Trinajstić information content (AvgIpc) is 2.89. The Hall–Kier alpha value is -2.63. The minimum atomic E-state index is -3.80. The summed E-state index contributed by atoms with van der Waals surface area (Å²) in [7, 11) is -3.80. The van der Waals surface area contributed by atoms with Crippen LogP contribution in [0.3, 0.4) is 0 Å². The smallest absolute Gasteiger partial charge is 0.238 e. The summed E-state index contributed by atoms with van der Waals surface area (Å²) in [5, 5.41) is 14.1. The number of nitrogens with zero attached hydrogens (tertiary/aromatic N) is 1. The normalized spacial score (nSPS) is 16.2. The van der Waals surface area contributed by atoms with E-state index in [1.165, 1.54) is 24.3 Å². The van der Waals surface area contributed by atoms with Crippen LogP contribution in [-0.4, -0.2) is 15.0 Å². The largest absolute Gasteiger partial charge is 0.491 e. The van der Waals surface area contributed by atoms with Crippen LogP contribution in [0.2, 0.25) is 0 Å². The van der Waals surface area contributed by atoms with Crippen molar-refractivity contribution in [2.45, 2.75) is 17.7 Å². The summed E-state index contributed by atoms with van der Waals surface area (Å²) < 4.78 is 47.7. The summed E-state index contributed by atoms with van der Waals surface area (Å²) >= 11 is 0. The van der Waals surface area contributed by atoms with Crippen molar-refractivity contribution in [3.63, 3.8) is 0 Å². The van der Waals surface area contributed by atoms with Crippen LogP contribution >= 0.6 is 0 Å². The summed E-state index contributed by atoms with van der Waals surface area (Å²) in [6.45, 7) is 2.20. The molecular weight excluding hydrogens is 335 g/mol. The zero-order valence-corrected chi connectivity index (χ0v) is 13.4. The third-order valence-electron chi connectivity index (χ3n) is 3.70. The Morgan fingerprint density at radius 1 is 1.38 bits per heavy atom. The number of rotatable bonds is 3. The highest BCUT2D eigenvalue weighted by molar-refractivity contribution is 7.89. The van der Waals surface area contributed by atoms with Crippen LogP contribution in [0.4, 0.5) is 4.39 Å². The van der Waals surface area contributed by atoms with Crippen molar-refractivity contribution < 1.29 is 22.3 Å². The monoisotopic (exact) mass is 348 g/mol. The Morgan fingerprint density at radius 2 is 2.04 bits per heavy atom. The van der Waals surface area contributed by atoms with Crippen molar-refractivity contribution in [2.75, 3.05) is 6.61 Å². The summed E-state index contributed by atoms with van der Waals surface area (Å²) in [5.74, 6) is -0.0586. The van der Waals surface area contributed by atoms with Crippen LogP contribution in [-0.2, 0) is 10.0 Å². The highest BCUT2D eigenvalue weighted by Crippen LogP contribution is 2.45. The second-order valence-electron chi connectivity index (χ2n) is 5.42. The van der Waals surface area contributed by atoms with E-state index < -0.39 is 15.8 Å². The van der Waals surface area contributed by atoms with Crippen molar-refractivity contribution >= 4 is 10.0 Å². The molecule has 1 atom stereocenters. The molecule has 0 aliphatic carbocycles. The van der Waals surface area contributed by atoms with Gasteiger partial charge in [-0.15, -0.1) is 0 Å². The molecule has 2 aromatic carbocycles. The Bertz CT molecular complexity index is 950. The van der Waals surface area contributed by atoms with Gasteiger partial charge in [-0.2, -0.15) is 5.26 Å². The third kappa shape index (κ3) is 2.79. The Kier molecular flexibility index (Phi) is 3.91. The molecule has 0 aromatic heterocycles. The zero-order valence-electron chi connectivity index (χ0n) is 12.6. The van der Waals surface area contributed by atoms with Crippen LogP contribution < -0.4 is 14.6 Å². The highest BCUT2D eigenvalue weighted by Gasteiger charge is 2.30. The molecule has 0 saturated carbocycles. The fraction of sp³-hybridized carbons (Fsp3) is 0.188. The quantitative estimate of drug-likeness (QED) is 0.918. The predicted octanol–water partition coefficient (Wildman–Crippen LogP) is 2.63. The molecule has 1 aliphatic heterocycles. The third-order valence-corrected chi connectivity index (χ3v) is 4.63. The molecule has 0 radical (unpaired) electrons. The first kappa shape index (κ1) is 16.2. The molecule has 124 valence electrons. The standard InChI is InChI=1S/C16H13FN2O4S/c1-9-8-22-16-12(7-18)13(17)6-14(15(9)16)23-10-2-4-11(5-3-10)24(19,20)21/h2-6,9H,8H2,1H3,(H2,19,20,21). The molecule has 1 heterocycles. The minimum Gasteiger partial charge on any atom is -0.491 e. The molecular formula is C16H13FN2O4S. The van der Waals surface area contributed by atoms with Crippen molar-refractivity contribution in [3.05, 3.63) is 47.3 Å². The van der Waals surface area contributed by atoms with Crippen LogP contribution in [0, 0.1) is 17.1 Å². The van der Waals surface area contributed by atoms with E-state index in [4.69, 9.17) is 19.9 Å². The number of primary sulfonamides is 1. The molecule has 2 aromatic rings.